The van der Waals surface area contributed by atoms with E-state index in [1.54, 1.807) is 0 Å². The van der Waals surface area contributed by atoms with Crippen LogP contribution in [0.3, 0.4) is 0 Å². The van der Waals surface area contributed by atoms with Gasteiger partial charge in [-0.25, -0.2) is 4.79 Å². The van der Waals surface area contributed by atoms with Gasteiger partial charge in [0.05, 0.1) is 16.6 Å². The zero-order valence-corrected chi connectivity index (χ0v) is 9.07. The van der Waals surface area contributed by atoms with E-state index >= 15 is 0 Å². The number of carboxylic acid groups (broad SMARTS) is 1. The summed E-state index contributed by atoms with van der Waals surface area (Å²) < 4.78 is 10.9. The fourth-order valence-corrected chi connectivity index (χ4v) is 2.10. The van der Waals surface area contributed by atoms with E-state index < -0.39 is 18.9 Å². The second kappa shape index (κ2) is 3.86. The summed E-state index contributed by atoms with van der Waals surface area (Å²) in [6.45, 7) is 0. The lowest BCUT2D eigenvalue weighted by Crippen LogP contribution is -2.14. The highest BCUT2D eigenvalue weighted by molar-refractivity contribution is 7.80. The number of benzene rings is 1. The molecular formula is C7H8NO5PS. The third-order valence-electron chi connectivity index (χ3n) is 1.74. The number of nitrogens with two attached hydrogens (primary N) is 1. The van der Waals surface area contributed by atoms with E-state index in [4.69, 9.17) is 20.6 Å². The van der Waals surface area contributed by atoms with Crippen LogP contribution < -0.4 is 11.0 Å². The maximum atomic E-state index is 10.9. The van der Waals surface area contributed by atoms with Gasteiger partial charge in [-0.15, -0.1) is 12.6 Å². The van der Waals surface area contributed by atoms with E-state index in [0.717, 1.165) is 12.1 Å². The van der Waals surface area contributed by atoms with Crippen molar-refractivity contribution in [3.8, 4) is 0 Å². The Balaban J connectivity index is 3.47. The Morgan fingerprint density at radius 3 is 2.33 bits per heavy atom. The Labute approximate surface area is 90.3 Å². The highest BCUT2D eigenvalue weighted by atomic mass is 32.1. The molecule has 0 aliphatic carbocycles. The van der Waals surface area contributed by atoms with Crippen LogP contribution in [0.15, 0.2) is 17.0 Å². The Kier molecular flexibility index (Phi) is 3.11. The molecule has 8 heteroatoms. The maximum Gasteiger partial charge on any atom is 0.358 e. The second-order valence-corrected chi connectivity index (χ2v) is 4.76. The number of aromatic carboxylic acids is 1. The van der Waals surface area contributed by atoms with Gasteiger partial charge >= 0.3 is 13.6 Å². The van der Waals surface area contributed by atoms with Gasteiger partial charge in [0.1, 0.15) is 0 Å². The van der Waals surface area contributed by atoms with E-state index in [9.17, 15) is 9.36 Å². The predicted molar refractivity (Wildman–Crippen MR) is 56.7 cm³/mol. The summed E-state index contributed by atoms with van der Waals surface area (Å²) >= 11 is 3.80. The van der Waals surface area contributed by atoms with Crippen molar-refractivity contribution < 1.29 is 24.3 Å². The molecule has 0 saturated heterocycles. The van der Waals surface area contributed by atoms with Gasteiger partial charge < -0.3 is 20.6 Å². The Morgan fingerprint density at radius 1 is 1.40 bits per heavy atom. The van der Waals surface area contributed by atoms with Crippen molar-refractivity contribution in [2.75, 3.05) is 5.73 Å². The lowest BCUT2D eigenvalue weighted by atomic mass is 10.2. The molecule has 0 amide bonds. The number of nitrogen functional groups attached to an aromatic ring is 1. The molecule has 0 radical (unpaired) electrons. The molecule has 0 unspecified atom stereocenters. The van der Waals surface area contributed by atoms with Crippen LogP contribution in [0.1, 0.15) is 10.4 Å². The first-order valence-corrected chi connectivity index (χ1v) is 5.72. The minimum absolute atomic E-state index is 0.150. The zero-order chi connectivity index (χ0) is 11.8. The van der Waals surface area contributed by atoms with Crippen LogP contribution in [0.2, 0.25) is 0 Å². The summed E-state index contributed by atoms with van der Waals surface area (Å²) in [6.07, 6.45) is 0. The fraction of sp³-hybridized carbons (Fsp3) is 0. The molecule has 0 aromatic heterocycles. The summed E-state index contributed by atoms with van der Waals surface area (Å²) in [5, 5.41) is 8.27. The average Bonchev–Trinajstić information content (AvgIpc) is 2.06. The van der Waals surface area contributed by atoms with Crippen LogP contribution in [0.4, 0.5) is 5.69 Å². The van der Waals surface area contributed by atoms with Crippen LogP contribution in [-0.2, 0) is 4.57 Å². The number of hydrogen-bond acceptors (Lipinski definition) is 4. The zero-order valence-electron chi connectivity index (χ0n) is 7.28. The number of carboxylic acids is 1. The first-order chi connectivity index (χ1) is 6.75. The smallest absolute Gasteiger partial charge is 0.358 e. The minimum Gasteiger partial charge on any atom is -0.478 e. The van der Waals surface area contributed by atoms with Gasteiger partial charge in [0.25, 0.3) is 0 Å². The third-order valence-corrected chi connectivity index (χ3v) is 3.24. The fourth-order valence-electron chi connectivity index (χ4n) is 1.02. The van der Waals surface area contributed by atoms with Gasteiger partial charge in [0, 0.05) is 4.90 Å². The molecule has 0 bridgehead atoms. The predicted octanol–water partition coefficient (Wildman–Crippen LogP) is 0.0587. The standard InChI is InChI=1S/C7H8NO5PS/c8-5-4(14(11,12)13)2-1-3(6(5)15)7(9)10/h1-2,15H,8H2,(H,9,10)(H2,11,12,13). The van der Waals surface area contributed by atoms with Crippen LogP contribution in [0.25, 0.3) is 0 Å². The first-order valence-electron chi connectivity index (χ1n) is 3.66. The average molecular weight is 249 g/mol. The van der Waals surface area contributed by atoms with Crippen LogP contribution >= 0.6 is 20.2 Å². The molecule has 0 aliphatic rings. The number of hydrogen-bond donors (Lipinski definition) is 5. The summed E-state index contributed by atoms with van der Waals surface area (Å²) in [5.41, 5.74) is 4.86. The Bertz CT molecular complexity index is 469. The third kappa shape index (κ3) is 2.32. The summed E-state index contributed by atoms with van der Waals surface area (Å²) in [4.78, 5) is 28.2. The first kappa shape index (κ1) is 12.1. The SMILES string of the molecule is Nc1c(P(=O)(O)O)ccc(C(=O)O)c1S. The van der Waals surface area contributed by atoms with Crippen LogP contribution in [0, 0.1) is 0 Å². The monoisotopic (exact) mass is 249 g/mol. The number of carbonyl (C=O) groups is 1. The van der Waals surface area contributed by atoms with Crippen LogP contribution in [0.5, 0.6) is 0 Å². The summed E-state index contributed by atoms with van der Waals surface area (Å²) in [7, 11) is -4.50. The molecule has 1 aromatic carbocycles. The highest BCUT2D eigenvalue weighted by Gasteiger charge is 2.24. The van der Waals surface area contributed by atoms with E-state index in [1.807, 2.05) is 0 Å². The van der Waals surface area contributed by atoms with Crippen molar-refractivity contribution in [3.63, 3.8) is 0 Å². The van der Waals surface area contributed by atoms with Crippen molar-refractivity contribution in [3.05, 3.63) is 17.7 Å². The molecular weight excluding hydrogens is 241 g/mol. The molecule has 0 atom stereocenters. The quantitative estimate of drug-likeness (QED) is 0.287. The van der Waals surface area contributed by atoms with Crippen molar-refractivity contribution >= 4 is 37.2 Å². The van der Waals surface area contributed by atoms with E-state index in [0.29, 0.717) is 0 Å². The van der Waals surface area contributed by atoms with Gasteiger partial charge in [-0.05, 0) is 12.1 Å². The van der Waals surface area contributed by atoms with E-state index in [1.165, 1.54) is 0 Å². The summed E-state index contributed by atoms with van der Waals surface area (Å²) in [5.74, 6) is -1.26. The molecule has 0 saturated carbocycles. The summed E-state index contributed by atoms with van der Waals surface area (Å²) in [6, 6.07) is 2.04. The molecule has 0 spiro atoms. The maximum absolute atomic E-state index is 10.9. The van der Waals surface area contributed by atoms with Gasteiger partial charge in [-0.3, -0.25) is 4.57 Å². The molecule has 6 nitrogen and oxygen atoms in total. The minimum atomic E-state index is -4.50. The molecule has 15 heavy (non-hydrogen) atoms. The van der Waals surface area contributed by atoms with Crippen LogP contribution in [-0.4, -0.2) is 20.9 Å². The van der Waals surface area contributed by atoms with Crippen molar-refractivity contribution in [2.24, 2.45) is 0 Å². The van der Waals surface area contributed by atoms with Gasteiger partial charge in [-0.2, -0.15) is 0 Å². The Morgan fingerprint density at radius 2 is 1.93 bits per heavy atom. The molecule has 0 fully saturated rings. The number of rotatable bonds is 2. The van der Waals surface area contributed by atoms with Gasteiger partial charge in [-0.1, -0.05) is 0 Å². The van der Waals surface area contributed by atoms with Crippen molar-refractivity contribution in [2.45, 2.75) is 4.90 Å². The molecule has 5 N–H and O–H groups in total. The molecule has 0 heterocycles. The topological polar surface area (TPSA) is 121 Å². The van der Waals surface area contributed by atoms with Crippen molar-refractivity contribution in [1.29, 1.82) is 0 Å². The lowest BCUT2D eigenvalue weighted by Gasteiger charge is -2.10. The van der Waals surface area contributed by atoms with E-state index in [2.05, 4.69) is 12.6 Å². The molecule has 1 rings (SSSR count). The highest BCUT2D eigenvalue weighted by Crippen LogP contribution is 2.38. The second-order valence-electron chi connectivity index (χ2n) is 2.74. The molecule has 1 aromatic rings. The number of anilines is 1. The van der Waals surface area contributed by atoms with E-state index in [-0.39, 0.29) is 16.1 Å². The number of thiol groups is 1. The molecule has 0 aliphatic heterocycles. The van der Waals surface area contributed by atoms with Crippen molar-refractivity contribution in [1.82, 2.24) is 0 Å². The van der Waals surface area contributed by atoms with Gasteiger partial charge in [0.15, 0.2) is 0 Å². The normalized spacial score (nSPS) is 11.4. The largest absolute Gasteiger partial charge is 0.478 e. The Hall–Kier alpha value is -1.01. The van der Waals surface area contributed by atoms with Gasteiger partial charge in [0.2, 0.25) is 0 Å². The lowest BCUT2D eigenvalue weighted by molar-refractivity contribution is 0.0693. The molecule has 82 valence electrons.